The number of nitrogens with two attached hydrogens (primary N) is 1. The molecule has 0 saturated heterocycles. The lowest BCUT2D eigenvalue weighted by molar-refractivity contribution is 0.151. The molecule has 116 valence electrons. The van der Waals surface area contributed by atoms with Gasteiger partial charge < -0.3 is 15.8 Å². The van der Waals surface area contributed by atoms with Crippen LogP contribution in [0.25, 0.3) is 0 Å². The summed E-state index contributed by atoms with van der Waals surface area (Å²) in [6.45, 7) is 4.19. The molecule has 1 aromatic rings. The minimum absolute atomic E-state index is 0.147. The van der Waals surface area contributed by atoms with Crippen molar-refractivity contribution in [3.05, 3.63) is 35.4 Å². The summed E-state index contributed by atoms with van der Waals surface area (Å²) in [5.74, 6) is 0. The normalized spacial score (nSPS) is 20.1. The van der Waals surface area contributed by atoms with Crippen molar-refractivity contribution in [3.63, 3.8) is 0 Å². The average Bonchev–Trinajstić information content (AvgIpc) is 2.49. The monoisotopic (exact) mass is 290 g/mol. The number of rotatable bonds is 7. The minimum Gasteiger partial charge on any atom is -0.427 e. The van der Waals surface area contributed by atoms with E-state index in [9.17, 15) is 0 Å². The maximum Gasteiger partial charge on any atom is 0.451 e. The number of likely N-dealkylation sites (N-methyl/N-ethyl adjacent to an activating group) is 1. The molecule has 0 amide bonds. The van der Waals surface area contributed by atoms with Crippen LogP contribution in [0.3, 0.4) is 0 Å². The van der Waals surface area contributed by atoms with Crippen LogP contribution in [0.2, 0.25) is 6.32 Å². The summed E-state index contributed by atoms with van der Waals surface area (Å²) in [5, 5.41) is 17.7. The standard InChI is InChI=1S/C16H27BN2O2/c1-2-19-12-14-8-4-3-7-13(14)11-16(19)15(18)9-5-6-10-17(20)21/h3-4,7-8,15-16,20-21H,2,5-6,9-12,18H2,1H3. The topological polar surface area (TPSA) is 69.7 Å². The molecule has 2 unspecified atom stereocenters. The lowest BCUT2D eigenvalue weighted by Crippen LogP contribution is -2.51. The van der Waals surface area contributed by atoms with E-state index in [4.69, 9.17) is 15.8 Å². The Morgan fingerprint density at radius 1 is 1.29 bits per heavy atom. The third kappa shape index (κ3) is 4.55. The maximum absolute atomic E-state index is 8.87. The Hall–Kier alpha value is -0.875. The lowest BCUT2D eigenvalue weighted by Gasteiger charge is -2.39. The van der Waals surface area contributed by atoms with Crippen LogP contribution in [0.15, 0.2) is 24.3 Å². The Labute approximate surface area is 128 Å². The molecule has 1 heterocycles. The van der Waals surface area contributed by atoms with Gasteiger partial charge in [0.25, 0.3) is 0 Å². The van der Waals surface area contributed by atoms with E-state index in [1.165, 1.54) is 11.1 Å². The second kappa shape index (κ2) is 7.94. The van der Waals surface area contributed by atoms with Crippen LogP contribution in [-0.4, -0.2) is 40.7 Å². The molecular formula is C16H27BN2O2. The highest BCUT2D eigenvalue weighted by Gasteiger charge is 2.29. The highest BCUT2D eigenvalue weighted by molar-refractivity contribution is 6.40. The van der Waals surface area contributed by atoms with Crippen LogP contribution >= 0.6 is 0 Å². The summed E-state index contributed by atoms with van der Waals surface area (Å²) >= 11 is 0. The Balaban J connectivity index is 1.91. The summed E-state index contributed by atoms with van der Waals surface area (Å²) in [5.41, 5.74) is 9.27. The van der Waals surface area contributed by atoms with E-state index in [0.29, 0.717) is 12.4 Å². The van der Waals surface area contributed by atoms with E-state index in [-0.39, 0.29) is 6.04 Å². The van der Waals surface area contributed by atoms with Crippen LogP contribution in [0.5, 0.6) is 0 Å². The lowest BCUT2D eigenvalue weighted by atomic mass is 9.82. The first-order chi connectivity index (χ1) is 10.1. The highest BCUT2D eigenvalue weighted by atomic mass is 16.4. The van der Waals surface area contributed by atoms with Crippen LogP contribution < -0.4 is 5.73 Å². The van der Waals surface area contributed by atoms with Gasteiger partial charge in [-0.05, 0) is 36.8 Å². The van der Waals surface area contributed by atoms with Crippen molar-refractivity contribution in [2.75, 3.05) is 6.54 Å². The average molecular weight is 290 g/mol. The smallest absolute Gasteiger partial charge is 0.427 e. The molecule has 1 aromatic carbocycles. The van der Waals surface area contributed by atoms with Gasteiger partial charge in [0, 0.05) is 18.6 Å². The summed E-state index contributed by atoms with van der Waals surface area (Å²) in [4.78, 5) is 2.47. The number of hydrogen-bond donors (Lipinski definition) is 3. The maximum atomic E-state index is 8.87. The van der Waals surface area contributed by atoms with E-state index in [0.717, 1.165) is 38.8 Å². The summed E-state index contributed by atoms with van der Waals surface area (Å²) < 4.78 is 0. The fourth-order valence-corrected chi connectivity index (χ4v) is 3.27. The van der Waals surface area contributed by atoms with Crippen molar-refractivity contribution in [2.45, 2.75) is 57.6 Å². The van der Waals surface area contributed by atoms with Gasteiger partial charge in [0.2, 0.25) is 0 Å². The fraction of sp³-hybridized carbons (Fsp3) is 0.625. The molecule has 1 aliphatic rings. The summed E-state index contributed by atoms with van der Waals surface area (Å²) in [6.07, 6.45) is 4.18. The van der Waals surface area contributed by atoms with Gasteiger partial charge in [0.1, 0.15) is 0 Å². The van der Waals surface area contributed by atoms with E-state index in [1.807, 2.05) is 0 Å². The first-order valence-electron chi connectivity index (χ1n) is 8.04. The molecule has 4 N–H and O–H groups in total. The van der Waals surface area contributed by atoms with Crippen molar-refractivity contribution in [2.24, 2.45) is 5.73 Å². The second-order valence-electron chi connectivity index (χ2n) is 6.03. The number of hydrogen-bond acceptors (Lipinski definition) is 4. The molecule has 4 nitrogen and oxygen atoms in total. The largest absolute Gasteiger partial charge is 0.451 e. The van der Waals surface area contributed by atoms with Gasteiger partial charge in [-0.2, -0.15) is 0 Å². The molecule has 2 atom stereocenters. The zero-order valence-electron chi connectivity index (χ0n) is 12.9. The molecular weight excluding hydrogens is 263 g/mol. The Morgan fingerprint density at radius 3 is 2.67 bits per heavy atom. The van der Waals surface area contributed by atoms with Crippen LogP contribution in [0.1, 0.15) is 37.3 Å². The Bertz CT molecular complexity index is 442. The van der Waals surface area contributed by atoms with Crippen molar-refractivity contribution >= 4 is 7.12 Å². The Kier molecular flexibility index (Phi) is 6.24. The first-order valence-corrected chi connectivity index (χ1v) is 8.04. The van der Waals surface area contributed by atoms with Crippen molar-refractivity contribution in [1.82, 2.24) is 4.90 Å². The Morgan fingerprint density at radius 2 is 2.00 bits per heavy atom. The first kappa shape index (κ1) is 16.5. The zero-order valence-corrected chi connectivity index (χ0v) is 12.9. The molecule has 0 aromatic heterocycles. The molecule has 0 spiro atoms. The quantitative estimate of drug-likeness (QED) is 0.524. The van der Waals surface area contributed by atoms with E-state index >= 15 is 0 Å². The second-order valence-corrected chi connectivity index (χ2v) is 6.03. The molecule has 0 radical (unpaired) electrons. The molecule has 5 heteroatoms. The van der Waals surface area contributed by atoms with Crippen LogP contribution in [0, 0.1) is 0 Å². The molecule has 21 heavy (non-hydrogen) atoms. The van der Waals surface area contributed by atoms with Gasteiger partial charge in [-0.25, -0.2) is 0 Å². The molecule has 0 bridgehead atoms. The predicted molar refractivity (Wildman–Crippen MR) is 86.8 cm³/mol. The predicted octanol–water partition coefficient (Wildman–Crippen LogP) is 1.40. The third-order valence-electron chi connectivity index (χ3n) is 4.54. The number of nitrogens with zero attached hydrogens (tertiary/aromatic N) is 1. The zero-order chi connectivity index (χ0) is 15.2. The van der Waals surface area contributed by atoms with Crippen LogP contribution in [-0.2, 0) is 13.0 Å². The summed E-state index contributed by atoms with van der Waals surface area (Å²) in [7, 11) is -1.19. The third-order valence-corrected chi connectivity index (χ3v) is 4.54. The van der Waals surface area contributed by atoms with Crippen molar-refractivity contribution in [3.8, 4) is 0 Å². The fourth-order valence-electron chi connectivity index (χ4n) is 3.27. The minimum atomic E-state index is -1.19. The van der Waals surface area contributed by atoms with Crippen molar-refractivity contribution in [1.29, 1.82) is 0 Å². The van der Waals surface area contributed by atoms with E-state index < -0.39 is 7.12 Å². The molecule has 0 saturated carbocycles. The van der Waals surface area contributed by atoms with E-state index in [1.54, 1.807) is 0 Å². The number of fused-ring (bicyclic) bond motifs is 1. The number of unbranched alkanes of at least 4 members (excludes halogenated alkanes) is 1. The van der Waals surface area contributed by atoms with Gasteiger partial charge in [0.05, 0.1) is 0 Å². The molecule has 1 aliphatic heterocycles. The van der Waals surface area contributed by atoms with Gasteiger partial charge in [0.15, 0.2) is 0 Å². The van der Waals surface area contributed by atoms with Crippen LogP contribution in [0.4, 0.5) is 0 Å². The number of benzene rings is 1. The van der Waals surface area contributed by atoms with Crippen molar-refractivity contribution < 1.29 is 10.0 Å². The van der Waals surface area contributed by atoms with Gasteiger partial charge in [-0.3, -0.25) is 4.90 Å². The SMILES string of the molecule is CCN1Cc2ccccc2CC1C(N)CCCCB(O)O. The molecule has 0 fully saturated rings. The summed E-state index contributed by atoms with van der Waals surface area (Å²) in [6, 6.07) is 9.17. The van der Waals surface area contributed by atoms with Gasteiger partial charge >= 0.3 is 7.12 Å². The van der Waals surface area contributed by atoms with E-state index in [2.05, 4.69) is 36.1 Å². The highest BCUT2D eigenvalue weighted by Crippen LogP contribution is 2.25. The van der Waals surface area contributed by atoms with Gasteiger partial charge in [-0.15, -0.1) is 0 Å². The van der Waals surface area contributed by atoms with Gasteiger partial charge in [-0.1, -0.05) is 44.0 Å². The molecule has 2 rings (SSSR count). The molecule has 0 aliphatic carbocycles.